The van der Waals surface area contributed by atoms with Crippen LogP contribution in [0.2, 0.25) is 0 Å². The average Bonchev–Trinajstić information content (AvgIpc) is 0.741. The molecule has 0 bridgehead atoms. The molecule has 0 aliphatic rings. The van der Waals surface area contributed by atoms with Gasteiger partial charge in [-0.05, 0) is 209 Å². The van der Waals surface area contributed by atoms with Crippen LogP contribution in [0.5, 0.6) is 46.0 Å². The summed E-state index contributed by atoms with van der Waals surface area (Å²) >= 11 is 0. The number of aromatic hydroxyl groups is 4. The molecule has 0 aliphatic carbocycles. The van der Waals surface area contributed by atoms with Crippen molar-refractivity contribution in [2.75, 3.05) is 28.4 Å². The number of fused-ring (bicyclic) bond motifs is 6. The van der Waals surface area contributed by atoms with E-state index >= 15 is 0 Å². The van der Waals surface area contributed by atoms with Crippen molar-refractivity contribution in [3.05, 3.63) is 239 Å². The van der Waals surface area contributed by atoms with E-state index in [-0.39, 0.29) is 116 Å². The third-order valence-corrected chi connectivity index (χ3v) is 23.4. The molecule has 14 heteroatoms. The fourth-order valence-electron chi connectivity index (χ4n) is 15.6. The van der Waals surface area contributed by atoms with Crippen LogP contribution in [-0.2, 0) is 43.3 Å². The zero-order valence-electron chi connectivity index (χ0n) is 76.6. The molecule has 0 aliphatic heterocycles. The molecule has 12 nitrogen and oxygen atoms in total. The van der Waals surface area contributed by atoms with Gasteiger partial charge in [-0.3, -0.25) is 0 Å². The molecule has 122 heavy (non-hydrogen) atoms. The number of rotatable bonds is 12. The molecule has 0 fully saturated rings. The maximum absolute atomic E-state index is 12.1. The molecule has 0 atom stereocenters. The van der Waals surface area contributed by atoms with Crippen molar-refractivity contribution >= 4 is 60.6 Å². The normalized spacial score (nSPS) is 12.4. The summed E-state index contributed by atoms with van der Waals surface area (Å²) in [5.74, 6) is 3.31. The van der Waals surface area contributed by atoms with E-state index < -0.39 is 0 Å². The van der Waals surface area contributed by atoms with Crippen molar-refractivity contribution in [3.8, 4) is 136 Å². The molecule has 14 rings (SSSR count). The molecule has 0 saturated carbocycles. The van der Waals surface area contributed by atoms with E-state index in [0.717, 1.165) is 134 Å². The molecule has 0 amide bonds. The maximum atomic E-state index is 12.1. The minimum Gasteiger partial charge on any atom is -0.507 e. The number of methoxy groups -OCH3 is 4. The summed E-state index contributed by atoms with van der Waals surface area (Å²) in [4.78, 5) is 21.4. The first-order chi connectivity index (χ1) is 56.0. The number of benzene rings is 10. The summed E-state index contributed by atoms with van der Waals surface area (Å²) in [7, 11) is 6.94. The summed E-state index contributed by atoms with van der Waals surface area (Å²) in [5.41, 5.74) is 22.1. The first-order valence-electron chi connectivity index (χ1n) is 41.7. The van der Waals surface area contributed by atoms with E-state index in [2.05, 4.69) is 263 Å². The van der Waals surface area contributed by atoms with E-state index in [1.165, 1.54) is 11.1 Å². The summed E-state index contributed by atoms with van der Waals surface area (Å²) in [5, 5.41) is 50.3. The fraction of sp³-hybridized carbons (Fsp3) is 0.333. The number of nitrogens with zero attached hydrogens (tertiary/aromatic N) is 4. The van der Waals surface area contributed by atoms with Gasteiger partial charge in [0.2, 0.25) is 0 Å². The molecule has 0 radical (unpaired) electrons. The Labute approximate surface area is 758 Å². The zero-order valence-corrected chi connectivity index (χ0v) is 82.5. The number of aromatic nitrogens is 4. The molecule has 4 aromatic heterocycles. The van der Waals surface area contributed by atoms with Gasteiger partial charge in [0, 0.05) is 121 Å². The van der Waals surface area contributed by atoms with Crippen LogP contribution in [0.15, 0.2) is 194 Å². The molecule has 634 valence electrons. The monoisotopic (exact) mass is 1920 g/mol. The predicted octanol–water partition coefficient (Wildman–Crippen LogP) is 29.0. The number of pyridine rings is 4. The fourth-order valence-corrected chi connectivity index (χ4v) is 15.6. The van der Waals surface area contributed by atoms with Crippen LogP contribution < -0.4 is 18.9 Å². The number of hydrogen-bond acceptors (Lipinski definition) is 12. The minimum atomic E-state index is -0.276. The molecule has 10 aromatic carbocycles. The molecule has 0 unspecified atom stereocenters. The molecular formula is C108H123BrN4O8U. The van der Waals surface area contributed by atoms with Gasteiger partial charge in [0.1, 0.15) is 46.0 Å². The second-order valence-electron chi connectivity index (χ2n) is 40.5. The third-order valence-electron chi connectivity index (χ3n) is 23.4. The Morgan fingerprint density at radius 2 is 0.426 bits per heavy atom. The van der Waals surface area contributed by atoms with Crippen molar-refractivity contribution in [1.29, 1.82) is 0 Å². The quantitative estimate of drug-likeness (QED) is 0.0856. The van der Waals surface area contributed by atoms with E-state index in [9.17, 15) is 20.4 Å². The molecule has 4 heterocycles. The second kappa shape index (κ2) is 34.1. The van der Waals surface area contributed by atoms with E-state index in [1.54, 1.807) is 40.6 Å². The Kier molecular flexibility index (Phi) is 25.9. The van der Waals surface area contributed by atoms with Gasteiger partial charge < -0.3 is 39.4 Å². The van der Waals surface area contributed by atoms with Gasteiger partial charge in [-0.15, -0.1) is 17.0 Å². The first kappa shape index (κ1) is 92.5. The SMILES string of the molecule is Br.CC(C)(C)c1ccc(O)c(-c2cc(C(C)(C)C)cc(-c3ccc4ccc5ccc(-c6cc(C(C)(C)C)cc(-c7cc(C(C)(C)C)ccc7O)c6O)nc5c4n3)c2O)c1.COc1ccc(C(C)(C)C)cc1-c1cc(C(C)(C)C)cc(-c2ccc3ccc4ccc(-c5cc(C(C)(C)C)cc(-c6cc(C(C)(C)C)ccc6OC)c5OC)nc4c3n2)c1OC.[3HH].[U]. The van der Waals surface area contributed by atoms with Crippen molar-refractivity contribution in [2.45, 2.75) is 209 Å². The summed E-state index contributed by atoms with van der Waals surface area (Å²) in [6.45, 7) is 52.4. The topological polar surface area (TPSA) is 169 Å². The van der Waals surface area contributed by atoms with Gasteiger partial charge in [-0.2, -0.15) is 0 Å². The average molecular weight is 1930 g/mol. The third kappa shape index (κ3) is 18.7. The largest absolute Gasteiger partial charge is 0.507 e. The standard InChI is InChI=1S/C56H64N2O4.C52H56N2O4.BrH.U.H2/c1-53(2,3)35-21-25-47(59-13)39(27-35)41-29-37(55(7,8)9)31-43(51(41)61-15)45-23-19-33-17-18-34-20-24-46(58-50(34)49(33)57-45)44-32-38(56(10,11)12)30-42(52(44)62-16)40-28-36(54(4,5)6)22-26-48(40)60-14;1-49(2,3)31-17-21-43(55)35(23-31)37-25-33(51(7,8)9)27-39(47(37)57)41-19-15-29-13-14-30-16-20-42(54-46(30)45(29)53-41)40-28-34(52(10,11)12)26-38(48(40)58)36-24-32(50(4,5)6)18-22-44(36)56;;;/h17-32H,1-16H3;13-28,55-58H,1-12H3;1H;;1H/i;;;;1+2. The van der Waals surface area contributed by atoms with Gasteiger partial charge >= 0.3 is 0 Å². The van der Waals surface area contributed by atoms with Crippen LogP contribution in [0.1, 0.15) is 212 Å². The first-order valence-corrected chi connectivity index (χ1v) is 41.7. The number of ether oxygens (including phenoxy) is 4. The Bertz CT molecular complexity index is 5990. The molecule has 4 N–H and O–H groups in total. The molecular weight excluding hydrogens is 1800 g/mol. The van der Waals surface area contributed by atoms with Crippen LogP contribution in [0.3, 0.4) is 0 Å². The van der Waals surface area contributed by atoms with Gasteiger partial charge in [0.25, 0.3) is 0 Å². The number of halogens is 1. The van der Waals surface area contributed by atoms with Gasteiger partial charge in [0.05, 0.1) is 73.3 Å². The van der Waals surface area contributed by atoms with E-state index in [4.69, 9.17) is 38.9 Å². The van der Waals surface area contributed by atoms with E-state index in [0.29, 0.717) is 55.8 Å². The summed E-state index contributed by atoms with van der Waals surface area (Å²) < 4.78 is 24.8. The predicted molar refractivity (Wildman–Crippen MR) is 512 cm³/mol. The summed E-state index contributed by atoms with van der Waals surface area (Å²) in [6.07, 6.45) is 0. The Morgan fingerprint density at radius 3 is 0.672 bits per heavy atom. The minimum absolute atomic E-state index is 0. The Morgan fingerprint density at radius 1 is 0.221 bits per heavy atom. The van der Waals surface area contributed by atoms with Crippen LogP contribution in [0.4, 0.5) is 0 Å². The van der Waals surface area contributed by atoms with Crippen molar-refractivity contribution in [3.63, 3.8) is 0 Å². The zero-order chi connectivity index (χ0) is 87.4. The second-order valence-corrected chi connectivity index (χ2v) is 40.5. The van der Waals surface area contributed by atoms with Crippen molar-refractivity contribution in [2.24, 2.45) is 0 Å². The van der Waals surface area contributed by atoms with Crippen LogP contribution in [-0.4, -0.2) is 68.8 Å². The van der Waals surface area contributed by atoms with Crippen LogP contribution in [0, 0.1) is 31.1 Å². The van der Waals surface area contributed by atoms with Gasteiger partial charge in [-0.25, -0.2) is 19.9 Å². The van der Waals surface area contributed by atoms with Crippen molar-refractivity contribution < 1.29 is 71.9 Å². The van der Waals surface area contributed by atoms with Gasteiger partial charge in [0.15, 0.2) is 0 Å². The summed E-state index contributed by atoms with van der Waals surface area (Å²) in [6, 6.07) is 65.5. The smallest absolute Gasteiger partial charge is 0.136 e. The Balaban J connectivity index is 0.000000252. The Hall–Kier alpha value is -10.2. The maximum Gasteiger partial charge on any atom is 0.136 e. The number of phenols is 4. The van der Waals surface area contributed by atoms with Crippen LogP contribution >= 0.6 is 17.0 Å². The molecule has 14 aromatic rings. The molecule has 0 saturated heterocycles. The van der Waals surface area contributed by atoms with Gasteiger partial charge in [-0.1, -0.05) is 239 Å². The number of hydrogen-bond donors (Lipinski definition) is 4. The van der Waals surface area contributed by atoms with E-state index in [1.807, 2.05) is 84.9 Å². The number of phenolic OH excluding ortho intramolecular Hbond substituents is 4. The van der Waals surface area contributed by atoms with Crippen molar-refractivity contribution in [1.82, 2.24) is 19.9 Å². The molecule has 0 spiro atoms. The van der Waals surface area contributed by atoms with Crippen LogP contribution in [0.25, 0.3) is 133 Å².